The Kier molecular flexibility index (Phi) is 8.05. The molecular weight excluding hydrogens is 372 g/mol. The molecule has 1 unspecified atom stereocenters. The van der Waals surface area contributed by atoms with Crippen LogP contribution in [0.3, 0.4) is 0 Å². The van der Waals surface area contributed by atoms with Crippen LogP contribution >= 0.6 is 11.3 Å². The molecule has 0 radical (unpaired) electrons. The summed E-state index contributed by atoms with van der Waals surface area (Å²) in [6, 6.07) is 12.2. The summed E-state index contributed by atoms with van der Waals surface area (Å²) in [4.78, 5) is 25.2. The fourth-order valence-corrected chi connectivity index (χ4v) is 3.57. The summed E-state index contributed by atoms with van der Waals surface area (Å²) in [5, 5.41) is 7.71. The van der Waals surface area contributed by atoms with E-state index in [0.29, 0.717) is 0 Å². The molecule has 1 aromatic carbocycles. The van der Waals surface area contributed by atoms with Crippen molar-refractivity contribution in [2.24, 2.45) is 0 Å². The summed E-state index contributed by atoms with van der Waals surface area (Å²) in [7, 11) is 0. The number of nitrogens with one attached hydrogen (secondary N) is 2. The van der Waals surface area contributed by atoms with Gasteiger partial charge in [-0.25, -0.2) is 4.79 Å². The van der Waals surface area contributed by atoms with E-state index in [2.05, 4.69) is 41.8 Å². The molecule has 6 heteroatoms. The van der Waals surface area contributed by atoms with E-state index in [9.17, 15) is 9.59 Å². The molecule has 2 amide bonds. The third-order valence-corrected chi connectivity index (χ3v) is 4.94. The number of benzene rings is 1. The van der Waals surface area contributed by atoms with Crippen LogP contribution < -0.4 is 10.6 Å². The molecule has 0 fully saturated rings. The molecule has 1 atom stereocenters. The zero-order valence-electron chi connectivity index (χ0n) is 17.1. The monoisotopic (exact) mass is 402 g/mol. The Bertz CT molecular complexity index is 749. The zero-order chi connectivity index (χ0) is 20.6. The van der Waals surface area contributed by atoms with E-state index in [1.165, 1.54) is 5.56 Å². The Labute approximate surface area is 171 Å². The maximum absolute atomic E-state index is 12.5. The quantitative estimate of drug-likeness (QED) is 0.665. The second-order valence-electron chi connectivity index (χ2n) is 7.69. The first-order valence-electron chi connectivity index (χ1n) is 9.67. The molecule has 2 rings (SSSR count). The van der Waals surface area contributed by atoms with Crippen LogP contribution in [0.5, 0.6) is 0 Å². The molecule has 0 aliphatic heterocycles. The summed E-state index contributed by atoms with van der Waals surface area (Å²) in [6.45, 7) is 7.80. The van der Waals surface area contributed by atoms with Crippen LogP contribution in [0.25, 0.3) is 0 Å². The van der Waals surface area contributed by atoms with Crippen LogP contribution in [-0.2, 0) is 16.0 Å². The van der Waals surface area contributed by atoms with Crippen LogP contribution in [0.4, 0.5) is 4.79 Å². The topological polar surface area (TPSA) is 67.4 Å². The Morgan fingerprint density at radius 2 is 1.86 bits per heavy atom. The Morgan fingerprint density at radius 3 is 2.43 bits per heavy atom. The van der Waals surface area contributed by atoms with E-state index in [0.717, 1.165) is 23.3 Å². The van der Waals surface area contributed by atoms with Gasteiger partial charge < -0.3 is 15.4 Å². The summed E-state index contributed by atoms with van der Waals surface area (Å²) >= 11 is 1.61. The lowest BCUT2D eigenvalue weighted by molar-refractivity contribution is -0.121. The first kappa shape index (κ1) is 22.0. The van der Waals surface area contributed by atoms with Gasteiger partial charge in [0.2, 0.25) is 5.91 Å². The lowest BCUT2D eigenvalue weighted by Gasteiger charge is -2.20. The van der Waals surface area contributed by atoms with Gasteiger partial charge in [-0.05, 0) is 49.8 Å². The number of rotatable bonds is 8. The molecule has 2 aromatic rings. The third-order valence-electron chi connectivity index (χ3n) is 4.01. The molecule has 152 valence electrons. The Balaban J connectivity index is 1.95. The summed E-state index contributed by atoms with van der Waals surface area (Å²) in [5.41, 5.74) is 1.79. The zero-order valence-corrected chi connectivity index (χ0v) is 17.9. The van der Waals surface area contributed by atoms with Gasteiger partial charge >= 0.3 is 6.09 Å². The first-order chi connectivity index (χ1) is 13.3. The normalized spacial score (nSPS) is 12.3. The van der Waals surface area contributed by atoms with E-state index in [4.69, 9.17) is 4.74 Å². The van der Waals surface area contributed by atoms with Crippen molar-refractivity contribution in [3.05, 3.63) is 57.8 Å². The predicted molar refractivity (Wildman–Crippen MR) is 114 cm³/mol. The lowest BCUT2D eigenvalue weighted by Crippen LogP contribution is -2.36. The van der Waals surface area contributed by atoms with E-state index in [-0.39, 0.29) is 24.9 Å². The van der Waals surface area contributed by atoms with Crippen molar-refractivity contribution >= 4 is 23.3 Å². The van der Waals surface area contributed by atoms with Crippen LogP contribution in [0.2, 0.25) is 0 Å². The minimum atomic E-state index is -0.555. The van der Waals surface area contributed by atoms with Crippen LogP contribution in [-0.4, -0.2) is 24.1 Å². The van der Waals surface area contributed by atoms with Crippen LogP contribution in [0.15, 0.2) is 41.8 Å². The molecule has 1 aromatic heterocycles. The average molecular weight is 403 g/mol. The maximum atomic E-state index is 12.5. The van der Waals surface area contributed by atoms with E-state index in [1.54, 1.807) is 32.1 Å². The van der Waals surface area contributed by atoms with Gasteiger partial charge in [0, 0.05) is 17.8 Å². The number of hydrogen-bond donors (Lipinski definition) is 2. The smallest absolute Gasteiger partial charge is 0.407 e. The predicted octanol–water partition coefficient (Wildman–Crippen LogP) is 4.82. The highest BCUT2D eigenvalue weighted by atomic mass is 32.1. The highest BCUT2D eigenvalue weighted by Crippen LogP contribution is 2.26. The van der Waals surface area contributed by atoms with Gasteiger partial charge in [0.25, 0.3) is 0 Å². The highest BCUT2D eigenvalue weighted by molar-refractivity contribution is 7.10. The molecule has 5 nitrogen and oxygen atoms in total. The standard InChI is InChI=1S/C22H30N2O3S/c1-5-7-16-9-11-17(12-10-16)20(18-8-6-15-28-18)24-19(25)13-14-23-21(26)27-22(2,3)4/h6,8-12,15,20H,5,7,13-14H2,1-4H3,(H,23,26)(H,24,25). The number of carbonyl (C=O) groups excluding carboxylic acids is 2. The van der Waals surface area contributed by atoms with Gasteiger partial charge in [-0.15, -0.1) is 11.3 Å². The molecule has 0 spiro atoms. The number of amides is 2. The number of aryl methyl sites for hydroxylation is 1. The molecule has 0 aliphatic carbocycles. The summed E-state index contributed by atoms with van der Waals surface area (Å²) < 4.78 is 5.18. The van der Waals surface area contributed by atoms with Gasteiger partial charge in [-0.2, -0.15) is 0 Å². The highest BCUT2D eigenvalue weighted by Gasteiger charge is 2.19. The van der Waals surface area contributed by atoms with Gasteiger partial charge in [-0.3, -0.25) is 4.79 Å². The largest absolute Gasteiger partial charge is 0.444 e. The number of alkyl carbamates (subject to hydrolysis) is 1. The van der Waals surface area contributed by atoms with Gasteiger partial charge in [0.05, 0.1) is 6.04 Å². The molecule has 0 saturated heterocycles. The van der Waals surface area contributed by atoms with Crippen molar-refractivity contribution in [3.63, 3.8) is 0 Å². The molecule has 0 aliphatic rings. The summed E-state index contributed by atoms with van der Waals surface area (Å²) in [6.07, 6.45) is 1.83. The van der Waals surface area contributed by atoms with Crippen molar-refractivity contribution in [3.8, 4) is 0 Å². The third kappa shape index (κ3) is 7.35. The second-order valence-corrected chi connectivity index (χ2v) is 8.67. The van der Waals surface area contributed by atoms with Crippen LogP contribution in [0, 0.1) is 0 Å². The van der Waals surface area contributed by atoms with E-state index >= 15 is 0 Å². The van der Waals surface area contributed by atoms with E-state index < -0.39 is 11.7 Å². The molecule has 0 bridgehead atoms. The summed E-state index contributed by atoms with van der Waals surface area (Å²) in [5.74, 6) is -0.118. The van der Waals surface area contributed by atoms with Crippen molar-refractivity contribution < 1.29 is 14.3 Å². The Hall–Kier alpha value is -2.34. The van der Waals surface area contributed by atoms with Gasteiger partial charge in [0.15, 0.2) is 0 Å². The number of hydrogen-bond acceptors (Lipinski definition) is 4. The van der Waals surface area contributed by atoms with Gasteiger partial charge in [0.1, 0.15) is 5.60 Å². The fourth-order valence-electron chi connectivity index (χ4n) is 2.77. The minimum absolute atomic E-state index is 0.118. The fraction of sp³-hybridized carbons (Fsp3) is 0.455. The average Bonchev–Trinajstić information content (AvgIpc) is 3.13. The SMILES string of the molecule is CCCc1ccc(C(NC(=O)CCNC(=O)OC(C)(C)C)c2cccs2)cc1. The van der Waals surface area contributed by atoms with Gasteiger partial charge in [-0.1, -0.05) is 43.7 Å². The number of thiophene rings is 1. The van der Waals surface area contributed by atoms with Crippen molar-refractivity contribution in [1.82, 2.24) is 10.6 Å². The van der Waals surface area contributed by atoms with Crippen LogP contribution in [0.1, 0.15) is 62.6 Å². The Morgan fingerprint density at radius 1 is 1.14 bits per heavy atom. The second kappa shape index (κ2) is 10.3. The molecule has 0 saturated carbocycles. The van der Waals surface area contributed by atoms with Crippen molar-refractivity contribution in [2.45, 2.75) is 58.6 Å². The molecule has 28 heavy (non-hydrogen) atoms. The first-order valence-corrected chi connectivity index (χ1v) is 10.5. The number of carbonyl (C=O) groups is 2. The minimum Gasteiger partial charge on any atom is -0.444 e. The molecule has 2 N–H and O–H groups in total. The maximum Gasteiger partial charge on any atom is 0.407 e. The molecular formula is C22H30N2O3S. The lowest BCUT2D eigenvalue weighted by atomic mass is 10.0. The van der Waals surface area contributed by atoms with E-state index in [1.807, 2.05) is 17.5 Å². The number of ether oxygens (including phenoxy) is 1. The van der Waals surface area contributed by atoms with Crippen molar-refractivity contribution in [1.29, 1.82) is 0 Å². The molecule has 1 heterocycles. The van der Waals surface area contributed by atoms with Crippen molar-refractivity contribution in [2.75, 3.05) is 6.54 Å².